The van der Waals surface area contributed by atoms with E-state index in [9.17, 15) is 13.2 Å². The van der Waals surface area contributed by atoms with Crippen molar-refractivity contribution in [2.45, 2.75) is 24.8 Å². The van der Waals surface area contributed by atoms with Gasteiger partial charge in [-0.1, -0.05) is 30.3 Å². The third-order valence-corrected chi connectivity index (χ3v) is 6.46. The first kappa shape index (κ1) is 25.2. The molecule has 6 nitrogen and oxygen atoms in total. The molecule has 35 heavy (non-hydrogen) atoms. The summed E-state index contributed by atoms with van der Waals surface area (Å²) in [5.74, 6) is 1.03. The minimum Gasteiger partial charge on any atom is -0.486 e. The summed E-state index contributed by atoms with van der Waals surface area (Å²) in [7, 11) is 1.54. The van der Waals surface area contributed by atoms with Gasteiger partial charge < -0.3 is 23.8 Å². The SMILES string of the molecule is C=CC(OC)C(CCN1CCN(c2cccc3c2OCCO3)CC1)c1ccccc1OC(F)(F)F. The fraction of sp³-hybridized carbons (Fsp3) is 0.462. The van der Waals surface area contributed by atoms with Gasteiger partial charge in [0.2, 0.25) is 0 Å². The Kier molecular flexibility index (Phi) is 8.07. The highest BCUT2D eigenvalue weighted by Gasteiger charge is 2.34. The number of benzene rings is 2. The molecule has 2 aromatic carbocycles. The summed E-state index contributed by atoms with van der Waals surface area (Å²) in [4.78, 5) is 4.61. The number of fused-ring (bicyclic) bond motifs is 1. The van der Waals surface area contributed by atoms with Crippen molar-refractivity contribution in [3.05, 3.63) is 60.7 Å². The highest BCUT2D eigenvalue weighted by Crippen LogP contribution is 2.40. The molecule has 0 N–H and O–H groups in total. The van der Waals surface area contributed by atoms with Crippen LogP contribution in [-0.4, -0.2) is 70.4 Å². The standard InChI is InChI=1S/C26H31F3N2O4/c1-3-22(32-2)20(19-7-4-5-9-23(19)35-26(27,28)29)11-12-30-13-15-31(16-14-30)21-8-6-10-24-25(21)34-18-17-33-24/h3-10,20,22H,1,11-18H2,2H3. The van der Waals surface area contributed by atoms with E-state index in [1.165, 1.54) is 19.2 Å². The van der Waals surface area contributed by atoms with Crippen LogP contribution in [0.1, 0.15) is 17.9 Å². The maximum atomic E-state index is 13.0. The van der Waals surface area contributed by atoms with E-state index in [2.05, 4.69) is 21.1 Å². The Labute approximate surface area is 203 Å². The summed E-state index contributed by atoms with van der Waals surface area (Å²) in [6.45, 7) is 8.89. The topological polar surface area (TPSA) is 43.4 Å². The summed E-state index contributed by atoms with van der Waals surface area (Å²) in [6.07, 6.45) is -2.98. The van der Waals surface area contributed by atoms with Crippen LogP contribution in [0.3, 0.4) is 0 Å². The van der Waals surface area contributed by atoms with Crippen molar-refractivity contribution < 1.29 is 32.1 Å². The number of methoxy groups -OCH3 is 1. The van der Waals surface area contributed by atoms with Gasteiger partial charge in [0.1, 0.15) is 19.0 Å². The largest absolute Gasteiger partial charge is 0.573 e. The molecule has 0 aromatic heterocycles. The van der Waals surface area contributed by atoms with Crippen LogP contribution in [0.5, 0.6) is 17.2 Å². The van der Waals surface area contributed by atoms with E-state index in [1.807, 2.05) is 18.2 Å². The predicted molar refractivity (Wildman–Crippen MR) is 128 cm³/mol. The van der Waals surface area contributed by atoms with Gasteiger partial charge in [0.05, 0.1) is 11.8 Å². The number of anilines is 1. The van der Waals surface area contributed by atoms with E-state index in [1.54, 1.807) is 18.2 Å². The Morgan fingerprint density at radius 1 is 1.03 bits per heavy atom. The van der Waals surface area contributed by atoms with Crippen LogP contribution in [0.15, 0.2) is 55.1 Å². The quantitative estimate of drug-likeness (QED) is 0.466. The van der Waals surface area contributed by atoms with Gasteiger partial charge in [0.15, 0.2) is 11.5 Å². The summed E-state index contributed by atoms with van der Waals surface area (Å²) in [6, 6.07) is 12.2. The molecule has 0 radical (unpaired) electrons. The number of rotatable bonds is 9. The molecule has 2 unspecified atom stereocenters. The number of piperazine rings is 1. The Hall–Kier alpha value is -2.91. The Balaban J connectivity index is 1.42. The van der Waals surface area contributed by atoms with Crippen LogP contribution in [0.4, 0.5) is 18.9 Å². The van der Waals surface area contributed by atoms with Crippen LogP contribution < -0.4 is 19.1 Å². The van der Waals surface area contributed by atoms with Crippen molar-refractivity contribution in [2.75, 3.05) is 57.9 Å². The van der Waals surface area contributed by atoms with Crippen molar-refractivity contribution in [3.63, 3.8) is 0 Å². The molecule has 0 saturated carbocycles. The molecular weight excluding hydrogens is 461 g/mol. The van der Waals surface area contributed by atoms with Crippen LogP contribution in [0.25, 0.3) is 0 Å². The number of ether oxygens (including phenoxy) is 4. The smallest absolute Gasteiger partial charge is 0.486 e. The zero-order valence-electron chi connectivity index (χ0n) is 19.8. The summed E-state index contributed by atoms with van der Waals surface area (Å²) in [5, 5.41) is 0. The molecule has 9 heteroatoms. The number of para-hydroxylation sites is 2. The summed E-state index contributed by atoms with van der Waals surface area (Å²) < 4.78 is 60.5. The molecule has 190 valence electrons. The van der Waals surface area contributed by atoms with E-state index in [0.717, 1.165) is 43.4 Å². The minimum atomic E-state index is -4.76. The van der Waals surface area contributed by atoms with Gasteiger partial charge in [-0.25, -0.2) is 0 Å². The minimum absolute atomic E-state index is 0.199. The average molecular weight is 493 g/mol. The van der Waals surface area contributed by atoms with E-state index in [4.69, 9.17) is 14.2 Å². The maximum Gasteiger partial charge on any atom is 0.573 e. The van der Waals surface area contributed by atoms with Gasteiger partial charge in [-0.15, -0.1) is 19.8 Å². The molecular formula is C26H31F3N2O4. The number of alkyl halides is 3. The maximum absolute atomic E-state index is 13.0. The first-order valence-corrected chi connectivity index (χ1v) is 11.8. The lowest BCUT2D eigenvalue weighted by atomic mass is 9.89. The average Bonchev–Trinajstić information content (AvgIpc) is 2.86. The normalized spacial score (nSPS) is 18.1. The van der Waals surface area contributed by atoms with E-state index >= 15 is 0 Å². The molecule has 2 aliphatic rings. The molecule has 2 atom stereocenters. The third kappa shape index (κ3) is 6.21. The zero-order valence-corrected chi connectivity index (χ0v) is 19.8. The molecule has 2 aromatic rings. The lowest BCUT2D eigenvalue weighted by Gasteiger charge is -2.38. The number of hydrogen-bond donors (Lipinski definition) is 0. The monoisotopic (exact) mass is 492 g/mol. The van der Waals surface area contributed by atoms with Gasteiger partial charge in [0.25, 0.3) is 0 Å². The van der Waals surface area contributed by atoms with Crippen LogP contribution >= 0.6 is 0 Å². The van der Waals surface area contributed by atoms with Crippen molar-refractivity contribution in [1.82, 2.24) is 4.90 Å². The second-order valence-electron chi connectivity index (χ2n) is 8.55. The van der Waals surface area contributed by atoms with Gasteiger partial charge in [-0.3, -0.25) is 4.90 Å². The van der Waals surface area contributed by atoms with Crippen molar-refractivity contribution in [2.24, 2.45) is 0 Å². The molecule has 0 spiro atoms. The van der Waals surface area contributed by atoms with Crippen LogP contribution in [0.2, 0.25) is 0 Å². The molecule has 0 amide bonds. The number of halogens is 3. The highest BCUT2D eigenvalue weighted by atomic mass is 19.4. The van der Waals surface area contributed by atoms with Gasteiger partial charge in [-0.2, -0.15) is 0 Å². The lowest BCUT2D eigenvalue weighted by molar-refractivity contribution is -0.275. The van der Waals surface area contributed by atoms with E-state index in [0.29, 0.717) is 31.7 Å². The lowest BCUT2D eigenvalue weighted by Crippen LogP contribution is -2.47. The number of hydrogen-bond acceptors (Lipinski definition) is 6. The van der Waals surface area contributed by atoms with E-state index in [-0.39, 0.29) is 11.7 Å². The molecule has 0 bridgehead atoms. The molecule has 2 heterocycles. The second kappa shape index (κ2) is 11.2. The van der Waals surface area contributed by atoms with Crippen molar-refractivity contribution >= 4 is 5.69 Å². The fourth-order valence-corrected chi connectivity index (χ4v) is 4.77. The predicted octanol–water partition coefficient (Wildman–Crippen LogP) is 4.85. The van der Waals surface area contributed by atoms with Gasteiger partial charge in [0, 0.05) is 44.8 Å². The summed E-state index contributed by atoms with van der Waals surface area (Å²) >= 11 is 0. The first-order chi connectivity index (χ1) is 16.9. The third-order valence-electron chi connectivity index (χ3n) is 6.46. The highest BCUT2D eigenvalue weighted by molar-refractivity contribution is 5.65. The van der Waals surface area contributed by atoms with Gasteiger partial charge in [-0.05, 0) is 31.2 Å². The van der Waals surface area contributed by atoms with E-state index < -0.39 is 12.5 Å². The Bertz CT molecular complexity index is 993. The molecule has 1 saturated heterocycles. The second-order valence-corrected chi connectivity index (χ2v) is 8.55. The molecule has 4 rings (SSSR count). The molecule has 2 aliphatic heterocycles. The van der Waals surface area contributed by atoms with Crippen molar-refractivity contribution in [1.29, 1.82) is 0 Å². The van der Waals surface area contributed by atoms with Gasteiger partial charge >= 0.3 is 6.36 Å². The zero-order chi connectivity index (χ0) is 24.8. The number of nitrogens with zero attached hydrogens (tertiary/aromatic N) is 2. The molecule has 1 fully saturated rings. The van der Waals surface area contributed by atoms with Crippen molar-refractivity contribution in [3.8, 4) is 17.2 Å². The molecule has 0 aliphatic carbocycles. The van der Waals surface area contributed by atoms with Crippen LogP contribution in [0, 0.1) is 0 Å². The van der Waals surface area contributed by atoms with Crippen LogP contribution in [-0.2, 0) is 4.74 Å². The first-order valence-electron chi connectivity index (χ1n) is 11.8. The Morgan fingerprint density at radius 2 is 1.77 bits per heavy atom. The fourth-order valence-electron chi connectivity index (χ4n) is 4.77. The summed E-state index contributed by atoms with van der Waals surface area (Å²) in [5.41, 5.74) is 1.49. The Morgan fingerprint density at radius 3 is 2.49 bits per heavy atom.